The molecule has 0 unspecified atom stereocenters. The molecule has 0 fully saturated rings. The minimum absolute atomic E-state index is 0.529. The summed E-state index contributed by atoms with van der Waals surface area (Å²) in [6.45, 7) is 3.97. The van der Waals surface area contributed by atoms with Crippen molar-refractivity contribution in [1.82, 2.24) is 0 Å². The molecular weight excluding hydrogens is 190 g/mol. The van der Waals surface area contributed by atoms with E-state index in [-0.39, 0.29) is 0 Å². The predicted octanol–water partition coefficient (Wildman–Crippen LogP) is 2.20. The van der Waals surface area contributed by atoms with E-state index in [2.05, 4.69) is 6.92 Å². The molecule has 0 spiro atoms. The van der Waals surface area contributed by atoms with E-state index in [1.54, 1.807) is 0 Å². The molecule has 0 aliphatic rings. The van der Waals surface area contributed by atoms with Crippen LogP contribution in [0, 0.1) is 0 Å². The molecule has 0 heterocycles. The number of hydrogen-bond acceptors (Lipinski definition) is 3. The second kappa shape index (κ2) is 7.12. The molecule has 0 bridgehead atoms. The zero-order valence-electron chi connectivity index (χ0n) is 9.24. The SMILES string of the molecule is CCCCOc1cccc(OCCN)c1. The van der Waals surface area contributed by atoms with Gasteiger partial charge in [-0.25, -0.2) is 0 Å². The van der Waals surface area contributed by atoms with Crippen LogP contribution >= 0.6 is 0 Å². The number of rotatable bonds is 7. The summed E-state index contributed by atoms with van der Waals surface area (Å²) < 4.78 is 11.0. The standard InChI is InChI=1S/C12H19NO2/c1-2-3-8-14-11-5-4-6-12(10-11)15-9-7-13/h4-6,10H,2-3,7-9,13H2,1H3. The lowest BCUT2D eigenvalue weighted by Crippen LogP contribution is -2.10. The highest BCUT2D eigenvalue weighted by Gasteiger charge is 1.96. The maximum Gasteiger partial charge on any atom is 0.123 e. The second-order valence-corrected chi connectivity index (χ2v) is 3.31. The fourth-order valence-electron chi connectivity index (χ4n) is 1.16. The Morgan fingerprint density at radius 2 is 1.80 bits per heavy atom. The Morgan fingerprint density at radius 1 is 1.13 bits per heavy atom. The average molecular weight is 209 g/mol. The van der Waals surface area contributed by atoms with Crippen molar-refractivity contribution in [3.63, 3.8) is 0 Å². The molecule has 0 radical (unpaired) electrons. The van der Waals surface area contributed by atoms with Crippen molar-refractivity contribution in [2.45, 2.75) is 19.8 Å². The van der Waals surface area contributed by atoms with Crippen LogP contribution in [0.5, 0.6) is 11.5 Å². The smallest absolute Gasteiger partial charge is 0.123 e. The van der Waals surface area contributed by atoms with Gasteiger partial charge in [0.2, 0.25) is 0 Å². The summed E-state index contributed by atoms with van der Waals surface area (Å²) in [4.78, 5) is 0. The molecule has 0 saturated heterocycles. The number of benzene rings is 1. The Balaban J connectivity index is 2.42. The monoisotopic (exact) mass is 209 g/mol. The van der Waals surface area contributed by atoms with Gasteiger partial charge in [0.15, 0.2) is 0 Å². The van der Waals surface area contributed by atoms with Crippen LogP contribution in [-0.4, -0.2) is 19.8 Å². The number of nitrogens with two attached hydrogens (primary N) is 1. The number of unbranched alkanes of at least 4 members (excludes halogenated alkanes) is 1. The van der Waals surface area contributed by atoms with Crippen LogP contribution in [0.2, 0.25) is 0 Å². The molecule has 0 saturated carbocycles. The van der Waals surface area contributed by atoms with E-state index in [1.807, 2.05) is 24.3 Å². The molecule has 0 atom stereocenters. The maximum atomic E-state index is 5.56. The molecule has 2 N–H and O–H groups in total. The molecule has 0 aliphatic carbocycles. The highest BCUT2D eigenvalue weighted by molar-refractivity contribution is 5.32. The van der Waals surface area contributed by atoms with Gasteiger partial charge in [-0.1, -0.05) is 19.4 Å². The fraction of sp³-hybridized carbons (Fsp3) is 0.500. The first kappa shape index (κ1) is 11.9. The quantitative estimate of drug-likeness (QED) is 0.700. The molecular formula is C12H19NO2. The van der Waals surface area contributed by atoms with Gasteiger partial charge >= 0.3 is 0 Å². The van der Waals surface area contributed by atoms with Crippen LogP contribution in [0.3, 0.4) is 0 Å². The molecule has 0 amide bonds. The predicted molar refractivity (Wildman–Crippen MR) is 61.4 cm³/mol. The highest BCUT2D eigenvalue weighted by Crippen LogP contribution is 2.19. The first-order valence-corrected chi connectivity index (χ1v) is 5.42. The van der Waals surface area contributed by atoms with E-state index in [0.717, 1.165) is 30.9 Å². The Bertz CT molecular complexity index is 276. The van der Waals surface area contributed by atoms with Gasteiger partial charge in [-0.15, -0.1) is 0 Å². The van der Waals surface area contributed by atoms with Crippen molar-refractivity contribution < 1.29 is 9.47 Å². The van der Waals surface area contributed by atoms with E-state index in [9.17, 15) is 0 Å². The Morgan fingerprint density at radius 3 is 2.40 bits per heavy atom. The van der Waals surface area contributed by atoms with Crippen LogP contribution in [0.15, 0.2) is 24.3 Å². The molecule has 84 valence electrons. The second-order valence-electron chi connectivity index (χ2n) is 3.31. The maximum absolute atomic E-state index is 5.56. The van der Waals surface area contributed by atoms with E-state index in [0.29, 0.717) is 13.2 Å². The van der Waals surface area contributed by atoms with Crippen LogP contribution in [-0.2, 0) is 0 Å². The first-order chi connectivity index (χ1) is 7.36. The molecule has 1 aromatic rings. The highest BCUT2D eigenvalue weighted by atomic mass is 16.5. The molecule has 1 aromatic carbocycles. The minimum atomic E-state index is 0.529. The molecule has 0 aromatic heterocycles. The van der Waals surface area contributed by atoms with E-state index in [4.69, 9.17) is 15.2 Å². The van der Waals surface area contributed by atoms with Gasteiger partial charge in [-0.05, 0) is 18.6 Å². The van der Waals surface area contributed by atoms with E-state index in [1.165, 1.54) is 0 Å². The van der Waals surface area contributed by atoms with Crippen LogP contribution in [0.25, 0.3) is 0 Å². The van der Waals surface area contributed by atoms with Crippen molar-refractivity contribution in [3.8, 4) is 11.5 Å². The lowest BCUT2D eigenvalue weighted by Gasteiger charge is -2.08. The zero-order valence-corrected chi connectivity index (χ0v) is 9.24. The zero-order chi connectivity index (χ0) is 10.9. The minimum Gasteiger partial charge on any atom is -0.493 e. The number of ether oxygens (including phenoxy) is 2. The Labute approximate surface area is 91.2 Å². The van der Waals surface area contributed by atoms with Gasteiger partial charge < -0.3 is 15.2 Å². The lowest BCUT2D eigenvalue weighted by atomic mass is 10.3. The summed E-state index contributed by atoms with van der Waals surface area (Å²) in [6, 6.07) is 7.66. The first-order valence-electron chi connectivity index (χ1n) is 5.42. The van der Waals surface area contributed by atoms with Crippen LogP contribution in [0.1, 0.15) is 19.8 Å². The van der Waals surface area contributed by atoms with Gasteiger partial charge in [-0.3, -0.25) is 0 Å². The molecule has 0 aliphatic heterocycles. The van der Waals surface area contributed by atoms with Crippen molar-refractivity contribution >= 4 is 0 Å². The van der Waals surface area contributed by atoms with Gasteiger partial charge in [0, 0.05) is 12.6 Å². The van der Waals surface area contributed by atoms with Crippen molar-refractivity contribution in [2.75, 3.05) is 19.8 Å². The summed E-state index contributed by atoms with van der Waals surface area (Å²) in [5.41, 5.74) is 5.36. The normalized spacial score (nSPS) is 10.0. The van der Waals surface area contributed by atoms with Crippen LogP contribution in [0.4, 0.5) is 0 Å². The van der Waals surface area contributed by atoms with Crippen molar-refractivity contribution in [1.29, 1.82) is 0 Å². The summed E-state index contributed by atoms with van der Waals surface area (Å²) in [7, 11) is 0. The van der Waals surface area contributed by atoms with Gasteiger partial charge in [0.05, 0.1) is 6.61 Å². The van der Waals surface area contributed by atoms with Crippen LogP contribution < -0.4 is 15.2 Å². The van der Waals surface area contributed by atoms with Gasteiger partial charge in [0.1, 0.15) is 18.1 Å². The van der Waals surface area contributed by atoms with Gasteiger partial charge in [-0.2, -0.15) is 0 Å². The summed E-state index contributed by atoms with van der Waals surface area (Å²) in [6.07, 6.45) is 2.22. The molecule has 3 nitrogen and oxygen atoms in total. The Kier molecular flexibility index (Phi) is 5.63. The molecule has 1 rings (SSSR count). The largest absolute Gasteiger partial charge is 0.493 e. The molecule has 3 heteroatoms. The molecule has 15 heavy (non-hydrogen) atoms. The van der Waals surface area contributed by atoms with Crippen molar-refractivity contribution in [2.24, 2.45) is 5.73 Å². The fourth-order valence-corrected chi connectivity index (χ4v) is 1.16. The third-order valence-corrected chi connectivity index (χ3v) is 1.96. The topological polar surface area (TPSA) is 44.5 Å². The van der Waals surface area contributed by atoms with Crippen molar-refractivity contribution in [3.05, 3.63) is 24.3 Å². The van der Waals surface area contributed by atoms with Gasteiger partial charge in [0.25, 0.3) is 0 Å². The van der Waals surface area contributed by atoms with E-state index >= 15 is 0 Å². The summed E-state index contributed by atoms with van der Waals surface area (Å²) in [5, 5.41) is 0. The third-order valence-electron chi connectivity index (χ3n) is 1.96. The average Bonchev–Trinajstić information content (AvgIpc) is 2.27. The third kappa shape index (κ3) is 4.70. The summed E-state index contributed by atoms with van der Waals surface area (Å²) in [5.74, 6) is 1.67. The van der Waals surface area contributed by atoms with E-state index < -0.39 is 0 Å². The number of hydrogen-bond donors (Lipinski definition) is 1. The lowest BCUT2D eigenvalue weighted by molar-refractivity contribution is 0.300. The Hall–Kier alpha value is -1.22. The summed E-state index contributed by atoms with van der Waals surface area (Å²) >= 11 is 0.